The highest BCUT2D eigenvalue weighted by atomic mass is 79.9. The lowest BCUT2D eigenvalue weighted by Gasteiger charge is -2.29. The van der Waals surface area contributed by atoms with Crippen LogP contribution in [-0.4, -0.2) is 23.2 Å². The predicted octanol–water partition coefficient (Wildman–Crippen LogP) is 3.60. The minimum Gasteiger partial charge on any atom is -0.339 e. The third-order valence-corrected chi connectivity index (χ3v) is 4.36. The molecule has 114 valence electrons. The molecule has 2 rings (SSSR count). The first-order chi connectivity index (χ1) is 9.90. The van der Waals surface area contributed by atoms with Crippen LogP contribution in [0.15, 0.2) is 33.3 Å². The van der Waals surface area contributed by atoms with Crippen LogP contribution in [0.25, 0.3) is 0 Å². The first-order valence-electron chi connectivity index (χ1n) is 7.12. The molecule has 0 amide bonds. The maximum atomic E-state index is 5.39. The van der Waals surface area contributed by atoms with Crippen LogP contribution in [0.4, 0.5) is 0 Å². The largest absolute Gasteiger partial charge is 0.339 e. The molecule has 0 fully saturated rings. The first kappa shape index (κ1) is 16.2. The smallest absolute Gasteiger partial charge is 0.228 e. The first-order valence-corrected chi connectivity index (χ1v) is 7.91. The number of aromatic nitrogens is 2. The van der Waals surface area contributed by atoms with E-state index in [0.717, 1.165) is 22.3 Å². The second-order valence-electron chi connectivity index (χ2n) is 6.28. The molecule has 0 spiro atoms. The topological polar surface area (TPSA) is 51.0 Å². The van der Waals surface area contributed by atoms with E-state index in [0.29, 0.717) is 18.4 Å². The summed E-state index contributed by atoms with van der Waals surface area (Å²) in [5.41, 5.74) is 1.30. The number of likely N-dealkylation sites (N-methyl/N-ethyl adjacent to an activating group) is 1. The minimum absolute atomic E-state index is 0.145. The van der Waals surface area contributed by atoms with Gasteiger partial charge in [0.2, 0.25) is 5.89 Å². The van der Waals surface area contributed by atoms with Gasteiger partial charge in [0, 0.05) is 23.4 Å². The summed E-state index contributed by atoms with van der Waals surface area (Å²) in [6, 6.07) is 8.39. The van der Waals surface area contributed by atoms with Crippen LogP contribution in [0.2, 0.25) is 0 Å². The van der Waals surface area contributed by atoms with E-state index < -0.39 is 0 Å². The lowest BCUT2D eigenvalue weighted by Crippen LogP contribution is -2.39. The van der Waals surface area contributed by atoms with E-state index in [2.05, 4.69) is 58.2 Å². The Morgan fingerprint density at radius 3 is 2.62 bits per heavy atom. The van der Waals surface area contributed by atoms with E-state index in [4.69, 9.17) is 4.52 Å². The molecule has 0 aliphatic rings. The van der Waals surface area contributed by atoms with Crippen molar-refractivity contribution in [3.63, 3.8) is 0 Å². The number of benzene rings is 1. The lowest BCUT2D eigenvalue weighted by atomic mass is 9.85. The fourth-order valence-electron chi connectivity index (χ4n) is 2.27. The number of nitrogens with zero attached hydrogens (tertiary/aromatic N) is 2. The molecule has 1 N–H and O–H groups in total. The van der Waals surface area contributed by atoms with E-state index in [1.54, 1.807) is 0 Å². The predicted molar refractivity (Wildman–Crippen MR) is 87.3 cm³/mol. The van der Waals surface area contributed by atoms with Gasteiger partial charge in [-0.15, -0.1) is 0 Å². The highest BCUT2D eigenvalue weighted by Gasteiger charge is 2.25. The van der Waals surface area contributed by atoms with Crippen molar-refractivity contribution >= 4 is 15.9 Å². The van der Waals surface area contributed by atoms with E-state index in [-0.39, 0.29) is 5.41 Å². The number of halogens is 1. The molecule has 1 heterocycles. The molecule has 21 heavy (non-hydrogen) atoms. The number of hydrogen-bond acceptors (Lipinski definition) is 4. The monoisotopic (exact) mass is 351 g/mol. The van der Waals surface area contributed by atoms with Gasteiger partial charge in [0.05, 0.1) is 0 Å². The Labute approximate surface area is 134 Å². The van der Waals surface area contributed by atoms with Crippen molar-refractivity contribution in [3.8, 4) is 0 Å². The lowest BCUT2D eigenvalue weighted by molar-refractivity contribution is 0.255. The Morgan fingerprint density at radius 2 is 2.00 bits per heavy atom. The number of rotatable bonds is 5. The molecule has 2 aromatic rings. The van der Waals surface area contributed by atoms with Crippen molar-refractivity contribution in [2.75, 3.05) is 7.05 Å². The Balaban J connectivity index is 2.07. The van der Waals surface area contributed by atoms with E-state index in [1.807, 2.05) is 25.2 Å². The standard InChI is InChI=1S/C16H22BrN3O/c1-16(2,3)13(18-4)10-15-19-14(20-21-15)9-11-7-5-6-8-12(11)17/h5-8,13,18H,9-10H2,1-4H3. The number of nitrogens with one attached hydrogen (secondary N) is 1. The third-order valence-electron chi connectivity index (χ3n) is 3.59. The maximum absolute atomic E-state index is 5.39. The van der Waals surface area contributed by atoms with Crippen LogP contribution in [0, 0.1) is 5.41 Å². The average Bonchev–Trinajstić information content (AvgIpc) is 2.85. The molecule has 1 atom stereocenters. The molecular weight excluding hydrogens is 330 g/mol. The van der Waals surface area contributed by atoms with E-state index in [9.17, 15) is 0 Å². The molecule has 1 unspecified atom stereocenters. The van der Waals surface area contributed by atoms with Gasteiger partial charge in [0.1, 0.15) is 0 Å². The second-order valence-corrected chi connectivity index (χ2v) is 7.14. The van der Waals surface area contributed by atoms with Crippen molar-refractivity contribution in [3.05, 3.63) is 46.0 Å². The molecule has 0 aliphatic carbocycles. The summed E-state index contributed by atoms with van der Waals surface area (Å²) >= 11 is 3.54. The molecule has 0 radical (unpaired) electrons. The fraction of sp³-hybridized carbons (Fsp3) is 0.500. The van der Waals surface area contributed by atoms with Crippen LogP contribution in [0.1, 0.15) is 38.0 Å². The van der Waals surface area contributed by atoms with Crippen molar-refractivity contribution in [2.45, 2.75) is 39.7 Å². The quantitative estimate of drug-likeness (QED) is 0.893. The molecular formula is C16H22BrN3O. The Hall–Kier alpha value is -1.20. The van der Waals surface area contributed by atoms with Gasteiger partial charge in [-0.1, -0.05) is 60.1 Å². The van der Waals surface area contributed by atoms with Gasteiger partial charge in [-0.2, -0.15) is 4.98 Å². The van der Waals surface area contributed by atoms with Gasteiger partial charge in [-0.25, -0.2) is 0 Å². The van der Waals surface area contributed by atoms with Gasteiger partial charge in [-0.3, -0.25) is 0 Å². The summed E-state index contributed by atoms with van der Waals surface area (Å²) in [7, 11) is 1.97. The van der Waals surface area contributed by atoms with Crippen molar-refractivity contribution < 1.29 is 4.52 Å². The fourth-order valence-corrected chi connectivity index (χ4v) is 2.70. The summed E-state index contributed by atoms with van der Waals surface area (Å²) in [5, 5.41) is 7.41. The van der Waals surface area contributed by atoms with E-state index >= 15 is 0 Å². The number of hydrogen-bond donors (Lipinski definition) is 1. The Kier molecular flexibility index (Phi) is 5.17. The summed E-state index contributed by atoms with van der Waals surface area (Å²) in [6.45, 7) is 6.60. The molecule has 5 heteroatoms. The molecule has 0 bridgehead atoms. The minimum atomic E-state index is 0.145. The van der Waals surface area contributed by atoms with Crippen molar-refractivity contribution in [2.24, 2.45) is 5.41 Å². The zero-order chi connectivity index (χ0) is 15.5. The highest BCUT2D eigenvalue weighted by molar-refractivity contribution is 9.10. The Bertz CT molecular complexity index is 589. The third kappa shape index (κ3) is 4.38. The van der Waals surface area contributed by atoms with Crippen LogP contribution in [-0.2, 0) is 12.8 Å². The van der Waals surface area contributed by atoms with Crippen LogP contribution in [0.5, 0.6) is 0 Å². The van der Waals surface area contributed by atoms with E-state index in [1.165, 1.54) is 0 Å². The summed E-state index contributed by atoms with van der Waals surface area (Å²) in [5.74, 6) is 1.41. The second kappa shape index (κ2) is 6.71. The summed E-state index contributed by atoms with van der Waals surface area (Å²) in [6.07, 6.45) is 1.41. The summed E-state index contributed by atoms with van der Waals surface area (Å²) in [4.78, 5) is 4.51. The van der Waals surface area contributed by atoms with Gasteiger partial charge >= 0.3 is 0 Å². The summed E-state index contributed by atoms with van der Waals surface area (Å²) < 4.78 is 6.46. The Morgan fingerprint density at radius 1 is 1.29 bits per heavy atom. The molecule has 0 saturated carbocycles. The average molecular weight is 352 g/mol. The molecule has 0 aliphatic heterocycles. The van der Waals surface area contributed by atoms with Gasteiger partial charge in [0.15, 0.2) is 5.82 Å². The van der Waals surface area contributed by atoms with Gasteiger partial charge < -0.3 is 9.84 Å². The molecule has 1 aromatic heterocycles. The van der Waals surface area contributed by atoms with Crippen molar-refractivity contribution in [1.29, 1.82) is 0 Å². The molecule has 1 aromatic carbocycles. The van der Waals surface area contributed by atoms with Gasteiger partial charge in [-0.05, 0) is 24.1 Å². The van der Waals surface area contributed by atoms with Gasteiger partial charge in [0.25, 0.3) is 0 Å². The normalized spacial score (nSPS) is 13.4. The highest BCUT2D eigenvalue weighted by Crippen LogP contribution is 2.22. The SMILES string of the molecule is CNC(Cc1nc(Cc2ccccc2Br)no1)C(C)(C)C. The van der Waals surface area contributed by atoms with Crippen LogP contribution >= 0.6 is 15.9 Å². The zero-order valence-electron chi connectivity index (χ0n) is 13.0. The molecule has 4 nitrogen and oxygen atoms in total. The zero-order valence-corrected chi connectivity index (χ0v) is 14.6. The van der Waals surface area contributed by atoms with Crippen LogP contribution < -0.4 is 5.32 Å². The van der Waals surface area contributed by atoms with Crippen LogP contribution in [0.3, 0.4) is 0 Å². The maximum Gasteiger partial charge on any atom is 0.228 e. The molecule has 0 saturated heterocycles. The van der Waals surface area contributed by atoms with Crippen molar-refractivity contribution in [1.82, 2.24) is 15.5 Å².